The molecule has 0 spiro atoms. The zero-order valence-electron chi connectivity index (χ0n) is 16.1. The fraction of sp³-hybridized carbons (Fsp3) is 0.632. The second kappa shape index (κ2) is 9.19. The molecule has 1 saturated carbocycles. The maximum absolute atomic E-state index is 14.2. The van der Waals surface area contributed by atoms with Crippen LogP contribution in [0.15, 0.2) is 23.1 Å². The van der Waals surface area contributed by atoms with Crippen LogP contribution >= 0.6 is 0 Å². The average Bonchev–Trinajstić information content (AvgIpc) is 2.69. The zero-order valence-corrected chi connectivity index (χ0v) is 16.9. The van der Waals surface area contributed by atoms with Crippen molar-refractivity contribution in [2.75, 3.05) is 38.2 Å². The van der Waals surface area contributed by atoms with Gasteiger partial charge in [0, 0.05) is 24.8 Å². The highest BCUT2D eigenvalue weighted by molar-refractivity contribution is 7.89. The van der Waals surface area contributed by atoms with Crippen molar-refractivity contribution in [3.05, 3.63) is 24.0 Å². The van der Waals surface area contributed by atoms with Crippen molar-refractivity contribution in [1.29, 1.82) is 0 Å². The van der Waals surface area contributed by atoms with Gasteiger partial charge in [-0.1, -0.05) is 6.92 Å². The molecule has 156 valence electrons. The Balaban J connectivity index is 1.60. The largest absolute Gasteiger partial charge is 0.379 e. The fourth-order valence-corrected chi connectivity index (χ4v) is 5.10. The lowest BCUT2D eigenvalue weighted by molar-refractivity contribution is -0.120. The molecule has 28 heavy (non-hydrogen) atoms. The van der Waals surface area contributed by atoms with Gasteiger partial charge in [0.05, 0.1) is 19.8 Å². The van der Waals surface area contributed by atoms with Crippen LogP contribution in [-0.4, -0.2) is 57.5 Å². The first-order valence-corrected chi connectivity index (χ1v) is 11.2. The van der Waals surface area contributed by atoms with E-state index in [4.69, 9.17) is 4.74 Å². The van der Waals surface area contributed by atoms with Gasteiger partial charge in [0.25, 0.3) is 0 Å². The minimum Gasteiger partial charge on any atom is -0.379 e. The molecule has 1 saturated heterocycles. The first-order valence-electron chi connectivity index (χ1n) is 9.77. The number of ether oxygens (including phenoxy) is 1. The monoisotopic (exact) mass is 413 g/mol. The Hall–Kier alpha value is -1.71. The van der Waals surface area contributed by atoms with Crippen molar-refractivity contribution in [2.24, 2.45) is 5.92 Å². The van der Waals surface area contributed by atoms with Crippen LogP contribution in [0.4, 0.5) is 10.1 Å². The summed E-state index contributed by atoms with van der Waals surface area (Å²) >= 11 is 0. The van der Waals surface area contributed by atoms with Gasteiger partial charge in [-0.2, -0.15) is 4.31 Å². The Bertz CT molecular complexity index is 788. The van der Waals surface area contributed by atoms with Crippen molar-refractivity contribution in [1.82, 2.24) is 9.62 Å². The molecule has 0 unspecified atom stereocenters. The standard InChI is InChI=1S/C19H28FN3O4S/c1-14-2-4-15(5-3-14)22-19(24)13-21-16-6-7-17(20)18(12-16)28(25,26)23-8-10-27-11-9-23/h6-7,12,14-15,21H,2-5,8-11,13H2,1H3,(H,22,24). The van der Waals surface area contributed by atoms with Crippen LogP contribution < -0.4 is 10.6 Å². The summed E-state index contributed by atoms with van der Waals surface area (Å²) in [5.41, 5.74) is 0.389. The van der Waals surface area contributed by atoms with Gasteiger partial charge in [0.1, 0.15) is 10.7 Å². The van der Waals surface area contributed by atoms with Gasteiger partial charge in [-0.3, -0.25) is 4.79 Å². The molecule has 1 aliphatic heterocycles. The predicted molar refractivity (Wildman–Crippen MR) is 104 cm³/mol. The van der Waals surface area contributed by atoms with E-state index in [0.29, 0.717) is 24.8 Å². The molecule has 2 aliphatic rings. The number of halogens is 1. The van der Waals surface area contributed by atoms with E-state index in [1.54, 1.807) is 0 Å². The van der Waals surface area contributed by atoms with E-state index in [1.165, 1.54) is 16.4 Å². The molecule has 1 amide bonds. The van der Waals surface area contributed by atoms with Gasteiger partial charge in [0.2, 0.25) is 15.9 Å². The fourth-order valence-electron chi connectivity index (χ4n) is 3.60. The quantitative estimate of drug-likeness (QED) is 0.744. The lowest BCUT2D eigenvalue weighted by Crippen LogP contribution is -2.41. The van der Waals surface area contributed by atoms with Crippen molar-refractivity contribution >= 4 is 21.6 Å². The molecule has 1 aromatic carbocycles. The maximum atomic E-state index is 14.2. The third-order valence-electron chi connectivity index (χ3n) is 5.35. The second-order valence-electron chi connectivity index (χ2n) is 7.54. The highest BCUT2D eigenvalue weighted by atomic mass is 32.2. The van der Waals surface area contributed by atoms with Crippen LogP contribution in [0.1, 0.15) is 32.6 Å². The number of anilines is 1. The SMILES string of the molecule is CC1CCC(NC(=O)CNc2ccc(F)c(S(=O)(=O)N3CCOCC3)c2)CC1. The van der Waals surface area contributed by atoms with E-state index in [-0.39, 0.29) is 36.5 Å². The lowest BCUT2D eigenvalue weighted by atomic mass is 9.87. The molecule has 3 rings (SSSR count). The molecule has 2 fully saturated rings. The summed E-state index contributed by atoms with van der Waals surface area (Å²) in [7, 11) is -3.94. The van der Waals surface area contributed by atoms with E-state index in [2.05, 4.69) is 17.6 Å². The summed E-state index contributed by atoms with van der Waals surface area (Å²) in [6.07, 6.45) is 4.18. The minimum atomic E-state index is -3.94. The van der Waals surface area contributed by atoms with Crippen LogP contribution in [0.3, 0.4) is 0 Å². The van der Waals surface area contributed by atoms with Gasteiger partial charge >= 0.3 is 0 Å². The number of carbonyl (C=O) groups is 1. The normalized spacial score (nSPS) is 23.9. The molecule has 7 nitrogen and oxygen atoms in total. The molecule has 1 aromatic rings. The van der Waals surface area contributed by atoms with Crippen LogP contribution in [0.5, 0.6) is 0 Å². The van der Waals surface area contributed by atoms with E-state index in [9.17, 15) is 17.6 Å². The zero-order chi connectivity index (χ0) is 20.1. The number of hydrogen-bond acceptors (Lipinski definition) is 5. The van der Waals surface area contributed by atoms with Crippen molar-refractivity contribution in [3.63, 3.8) is 0 Å². The van der Waals surface area contributed by atoms with Crippen molar-refractivity contribution in [3.8, 4) is 0 Å². The Morgan fingerprint density at radius 1 is 1.21 bits per heavy atom. The maximum Gasteiger partial charge on any atom is 0.246 e. The number of rotatable bonds is 6. The van der Waals surface area contributed by atoms with Gasteiger partial charge in [0.15, 0.2) is 0 Å². The van der Waals surface area contributed by atoms with Gasteiger partial charge in [-0.25, -0.2) is 12.8 Å². The number of benzene rings is 1. The Kier molecular flexibility index (Phi) is 6.90. The van der Waals surface area contributed by atoms with Gasteiger partial charge < -0.3 is 15.4 Å². The van der Waals surface area contributed by atoms with Crippen molar-refractivity contribution < 1.29 is 22.3 Å². The Labute approximate surface area is 165 Å². The molecule has 0 aromatic heterocycles. The summed E-state index contributed by atoms with van der Waals surface area (Å²) in [4.78, 5) is 11.8. The summed E-state index contributed by atoms with van der Waals surface area (Å²) in [6.45, 7) is 3.20. The van der Waals surface area contributed by atoms with E-state index < -0.39 is 15.8 Å². The summed E-state index contributed by atoms with van der Waals surface area (Å²) < 4.78 is 46.0. The first kappa shape index (κ1) is 21.0. The second-order valence-corrected chi connectivity index (χ2v) is 9.45. The number of hydrogen-bond donors (Lipinski definition) is 2. The summed E-state index contributed by atoms with van der Waals surface area (Å²) in [6, 6.07) is 3.98. The Morgan fingerprint density at radius 3 is 2.57 bits per heavy atom. The average molecular weight is 414 g/mol. The third-order valence-corrected chi connectivity index (χ3v) is 7.27. The topological polar surface area (TPSA) is 87.7 Å². The molecule has 2 N–H and O–H groups in total. The van der Waals surface area contributed by atoms with Crippen LogP contribution in [0, 0.1) is 11.7 Å². The smallest absolute Gasteiger partial charge is 0.246 e. The highest BCUT2D eigenvalue weighted by Crippen LogP contribution is 2.25. The summed E-state index contributed by atoms with van der Waals surface area (Å²) in [5, 5.41) is 5.90. The van der Waals surface area contributed by atoms with Gasteiger partial charge in [-0.15, -0.1) is 0 Å². The predicted octanol–water partition coefficient (Wildman–Crippen LogP) is 1.95. The van der Waals surface area contributed by atoms with E-state index in [0.717, 1.165) is 31.7 Å². The summed E-state index contributed by atoms with van der Waals surface area (Å²) in [5.74, 6) is -0.253. The molecule has 1 heterocycles. The number of morpholine rings is 1. The molecule has 9 heteroatoms. The van der Waals surface area contributed by atoms with Crippen LogP contribution in [0.25, 0.3) is 0 Å². The number of amides is 1. The van der Waals surface area contributed by atoms with Crippen LogP contribution in [-0.2, 0) is 19.6 Å². The molecule has 0 atom stereocenters. The Morgan fingerprint density at radius 2 is 1.89 bits per heavy atom. The number of nitrogens with one attached hydrogen (secondary N) is 2. The molecule has 0 bridgehead atoms. The van der Waals surface area contributed by atoms with E-state index >= 15 is 0 Å². The highest BCUT2D eigenvalue weighted by Gasteiger charge is 2.29. The molecular weight excluding hydrogens is 385 g/mol. The first-order chi connectivity index (χ1) is 13.4. The number of carbonyl (C=O) groups excluding carboxylic acids is 1. The number of sulfonamides is 1. The minimum absolute atomic E-state index is 0.00866. The molecular formula is C19H28FN3O4S. The van der Waals surface area contributed by atoms with Gasteiger partial charge in [-0.05, 0) is 49.8 Å². The van der Waals surface area contributed by atoms with E-state index in [1.807, 2.05) is 0 Å². The number of nitrogens with zero attached hydrogens (tertiary/aromatic N) is 1. The third kappa shape index (κ3) is 5.21. The van der Waals surface area contributed by atoms with Crippen molar-refractivity contribution in [2.45, 2.75) is 43.5 Å². The lowest BCUT2D eigenvalue weighted by Gasteiger charge is -2.27. The molecule has 0 radical (unpaired) electrons. The van der Waals surface area contributed by atoms with Crippen LogP contribution in [0.2, 0.25) is 0 Å². The molecule has 1 aliphatic carbocycles.